The van der Waals surface area contributed by atoms with Gasteiger partial charge in [0.25, 0.3) is 0 Å². The fourth-order valence-electron chi connectivity index (χ4n) is 3.34. The highest BCUT2D eigenvalue weighted by molar-refractivity contribution is 5.94. The molecule has 0 aromatic heterocycles. The van der Waals surface area contributed by atoms with Crippen LogP contribution in [0.25, 0.3) is 0 Å². The van der Waals surface area contributed by atoms with Gasteiger partial charge in [0, 0.05) is 31.1 Å². The van der Waals surface area contributed by atoms with Crippen molar-refractivity contribution in [3.05, 3.63) is 23.8 Å². The Morgan fingerprint density at radius 3 is 2.78 bits per heavy atom. The number of hydrogen-bond donors (Lipinski definition) is 1. The fraction of sp³-hybridized carbons (Fsp3) is 0.619. The van der Waals surface area contributed by atoms with E-state index in [4.69, 9.17) is 9.47 Å². The Bertz CT molecular complexity index is 633. The van der Waals surface area contributed by atoms with Gasteiger partial charge in [0.1, 0.15) is 0 Å². The number of ether oxygens (including phenoxy) is 2. The molecule has 27 heavy (non-hydrogen) atoms. The molecule has 1 aliphatic rings. The van der Waals surface area contributed by atoms with Gasteiger partial charge >= 0.3 is 0 Å². The van der Waals surface area contributed by atoms with Crippen molar-refractivity contribution >= 4 is 11.7 Å². The maximum absolute atomic E-state index is 12.0. The summed E-state index contributed by atoms with van der Waals surface area (Å²) in [7, 11) is 1.54. The zero-order valence-electron chi connectivity index (χ0n) is 16.8. The van der Waals surface area contributed by atoms with Crippen LogP contribution in [0.15, 0.2) is 18.2 Å². The predicted molar refractivity (Wildman–Crippen MR) is 106 cm³/mol. The molecule has 0 aliphatic carbocycles. The van der Waals surface area contributed by atoms with E-state index in [0.29, 0.717) is 49.1 Å². The molecular weight excluding hydrogens is 344 g/mol. The first-order valence-corrected chi connectivity index (χ1v) is 9.83. The number of rotatable bonds is 10. The summed E-state index contributed by atoms with van der Waals surface area (Å²) in [6.45, 7) is 6.95. The number of hydrogen-bond acceptors (Lipinski definition) is 5. The summed E-state index contributed by atoms with van der Waals surface area (Å²) >= 11 is 0. The molecule has 1 heterocycles. The third-order valence-electron chi connectivity index (χ3n) is 5.04. The standard InChI is InChI=1S/C21H32N2O4/c1-16-7-4-5-12-23(16)13-11-22-21(25)8-6-14-27-19-10-9-18(17(2)24)15-20(19)26-3/h9-10,15-16H,4-8,11-14H2,1-3H3,(H,22,25). The molecule has 1 fully saturated rings. The highest BCUT2D eigenvalue weighted by atomic mass is 16.5. The number of carbonyl (C=O) groups excluding carboxylic acids is 2. The molecule has 1 unspecified atom stereocenters. The van der Waals surface area contributed by atoms with Gasteiger partial charge in [0.05, 0.1) is 13.7 Å². The molecule has 6 nitrogen and oxygen atoms in total. The summed E-state index contributed by atoms with van der Waals surface area (Å²) in [6.07, 6.45) is 4.88. The Hall–Kier alpha value is -2.08. The van der Waals surface area contributed by atoms with Gasteiger partial charge in [-0.25, -0.2) is 0 Å². The van der Waals surface area contributed by atoms with Crippen molar-refractivity contribution in [2.75, 3.05) is 33.4 Å². The van der Waals surface area contributed by atoms with Crippen LogP contribution in [0.3, 0.4) is 0 Å². The van der Waals surface area contributed by atoms with E-state index in [9.17, 15) is 9.59 Å². The number of carbonyl (C=O) groups is 2. The average molecular weight is 376 g/mol. The Labute approximate surface area is 162 Å². The summed E-state index contributed by atoms with van der Waals surface area (Å²) in [5.41, 5.74) is 0.585. The first-order valence-electron chi connectivity index (χ1n) is 9.83. The summed E-state index contributed by atoms with van der Waals surface area (Å²) < 4.78 is 11.0. The van der Waals surface area contributed by atoms with Crippen molar-refractivity contribution in [3.8, 4) is 11.5 Å². The van der Waals surface area contributed by atoms with Crippen molar-refractivity contribution in [2.24, 2.45) is 0 Å². The number of methoxy groups -OCH3 is 1. The van der Waals surface area contributed by atoms with E-state index >= 15 is 0 Å². The van der Waals surface area contributed by atoms with Crippen LogP contribution in [0.4, 0.5) is 0 Å². The molecule has 1 aromatic rings. The van der Waals surface area contributed by atoms with Gasteiger partial charge in [-0.1, -0.05) is 6.42 Å². The third-order valence-corrected chi connectivity index (χ3v) is 5.04. The Morgan fingerprint density at radius 2 is 2.07 bits per heavy atom. The minimum Gasteiger partial charge on any atom is -0.493 e. The van der Waals surface area contributed by atoms with Crippen LogP contribution in [-0.4, -0.2) is 56.0 Å². The summed E-state index contributed by atoms with van der Waals surface area (Å²) in [4.78, 5) is 25.8. The van der Waals surface area contributed by atoms with E-state index in [0.717, 1.165) is 13.1 Å². The number of amides is 1. The topological polar surface area (TPSA) is 67.9 Å². The average Bonchev–Trinajstić information content (AvgIpc) is 2.66. The van der Waals surface area contributed by atoms with Crippen LogP contribution in [0, 0.1) is 0 Å². The Morgan fingerprint density at radius 1 is 1.26 bits per heavy atom. The van der Waals surface area contributed by atoms with E-state index in [1.165, 1.54) is 26.2 Å². The normalized spacial score (nSPS) is 17.4. The molecule has 0 bridgehead atoms. The van der Waals surface area contributed by atoms with Crippen LogP contribution in [0.2, 0.25) is 0 Å². The van der Waals surface area contributed by atoms with Crippen molar-refractivity contribution < 1.29 is 19.1 Å². The lowest BCUT2D eigenvalue weighted by Gasteiger charge is -2.33. The van der Waals surface area contributed by atoms with Gasteiger partial charge in [-0.15, -0.1) is 0 Å². The van der Waals surface area contributed by atoms with Crippen LogP contribution in [0.1, 0.15) is 56.3 Å². The highest BCUT2D eigenvalue weighted by Gasteiger charge is 2.17. The smallest absolute Gasteiger partial charge is 0.220 e. The van der Waals surface area contributed by atoms with E-state index < -0.39 is 0 Å². The lowest BCUT2D eigenvalue weighted by Crippen LogP contribution is -2.42. The van der Waals surface area contributed by atoms with Crippen LogP contribution in [-0.2, 0) is 4.79 Å². The van der Waals surface area contributed by atoms with E-state index in [1.54, 1.807) is 25.3 Å². The SMILES string of the molecule is COc1cc(C(C)=O)ccc1OCCCC(=O)NCCN1CCCCC1C. The monoisotopic (exact) mass is 376 g/mol. The second-order valence-electron chi connectivity index (χ2n) is 7.10. The second kappa shape index (κ2) is 10.9. The first-order chi connectivity index (χ1) is 13.0. The molecule has 1 atom stereocenters. The lowest BCUT2D eigenvalue weighted by atomic mass is 10.0. The quantitative estimate of drug-likeness (QED) is 0.502. The van der Waals surface area contributed by atoms with E-state index in [2.05, 4.69) is 17.1 Å². The Kier molecular flexibility index (Phi) is 8.58. The zero-order valence-corrected chi connectivity index (χ0v) is 16.8. The lowest BCUT2D eigenvalue weighted by molar-refractivity contribution is -0.121. The fourth-order valence-corrected chi connectivity index (χ4v) is 3.34. The van der Waals surface area contributed by atoms with Gasteiger partial charge in [-0.05, 0) is 57.9 Å². The summed E-state index contributed by atoms with van der Waals surface area (Å²) in [5.74, 6) is 1.16. The number of likely N-dealkylation sites (tertiary alicyclic amines) is 1. The summed E-state index contributed by atoms with van der Waals surface area (Å²) in [5, 5.41) is 2.99. The van der Waals surface area contributed by atoms with Gasteiger partial charge < -0.3 is 14.8 Å². The molecule has 2 rings (SSSR count). The van der Waals surface area contributed by atoms with Crippen LogP contribution >= 0.6 is 0 Å². The van der Waals surface area contributed by atoms with Gasteiger partial charge in [-0.2, -0.15) is 0 Å². The number of ketones is 1. The highest BCUT2D eigenvalue weighted by Crippen LogP contribution is 2.28. The molecule has 6 heteroatoms. The van der Waals surface area contributed by atoms with Crippen LogP contribution < -0.4 is 14.8 Å². The maximum atomic E-state index is 12.0. The number of benzene rings is 1. The minimum atomic E-state index is -0.0181. The van der Waals surface area contributed by atoms with Crippen LogP contribution in [0.5, 0.6) is 11.5 Å². The molecule has 1 aromatic carbocycles. The number of piperidine rings is 1. The van der Waals surface area contributed by atoms with Crippen molar-refractivity contribution in [2.45, 2.75) is 52.0 Å². The first kappa shape index (κ1) is 21.2. The Balaban J connectivity index is 1.64. The molecule has 0 radical (unpaired) electrons. The van der Waals surface area contributed by atoms with Gasteiger partial charge in [0.15, 0.2) is 17.3 Å². The number of nitrogens with zero attached hydrogens (tertiary/aromatic N) is 1. The molecule has 150 valence electrons. The second-order valence-corrected chi connectivity index (χ2v) is 7.10. The van der Waals surface area contributed by atoms with Crippen molar-refractivity contribution in [1.29, 1.82) is 0 Å². The molecule has 1 saturated heterocycles. The third kappa shape index (κ3) is 6.86. The molecule has 1 amide bonds. The predicted octanol–water partition coefficient (Wildman–Crippen LogP) is 3.05. The molecule has 1 aliphatic heterocycles. The molecular formula is C21H32N2O4. The van der Waals surface area contributed by atoms with Crippen molar-refractivity contribution in [3.63, 3.8) is 0 Å². The largest absolute Gasteiger partial charge is 0.493 e. The molecule has 0 saturated carbocycles. The number of Topliss-reactive ketones (excluding diaryl/α,β-unsaturated/α-hetero) is 1. The zero-order chi connectivity index (χ0) is 19.6. The van der Waals surface area contributed by atoms with Crippen molar-refractivity contribution in [1.82, 2.24) is 10.2 Å². The summed E-state index contributed by atoms with van der Waals surface area (Å²) in [6, 6.07) is 5.74. The van der Waals surface area contributed by atoms with Gasteiger partial charge in [0.2, 0.25) is 5.91 Å². The maximum Gasteiger partial charge on any atom is 0.220 e. The molecule has 1 N–H and O–H groups in total. The van der Waals surface area contributed by atoms with E-state index in [1.807, 2.05) is 0 Å². The van der Waals surface area contributed by atoms with E-state index in [-0.39, 0.29) is 11.7 Å². The number of nitrogens with one attached hydrogen (secondary N) is 1. The molecule has 0 spiro atoms. The van der Waals surface area contributed by atoms with Gasteiger partial charge in [-0.3, -0.25) is 14.5 Å². The minimum absolute atomic E-state index is 0.0181.